The van der Waals surface area contributed by atoms with Crippen molar-refractivity contribution in [2.45, 2.75) is 18.7 Å². The zero-order valence-corrected chi connectivity index (χ0v) is 13.9. The predicted octanol–water partition coefficient (Wildman–Crippen LogP) is 3.59. The SMILES string of the molecule is CCN(C(=O)c1cccc(S(=O)(=O)Cl)c1)c1ccccc1C. The topological polar surface area (TPSA) is 54.5 Å². The van der Waals surface area contributed by atoms with E-state index in [4.69, 9.17) is 10.7 Å². The molecule has 0 unspecified atom stereocenters. The van der Waals surface area contributed by atoms with Crippen LogP contribution in [0.1, 0.15) is 22.8 Å². The first-order valence-corrected chi connectivity index (χ1v) is 9.07. The first-order valence-electron chi connectivity index (χ1n) is 6.77. The molecule has 0 atom stereocenters. The lowest BCUT2D eigenvalue weighted by molar-refractivity contribution is 0.0988. The van der Waals surface area contributed by atoms with Crippen LogP contribution in [0, 0.1) is 6.92 Å². The van der Waals surface area contributed by atoms with Gasteiger partial charge in [0.2, 0.25) is 0 Å². The number of para-hydroxylation sites is 1. The largest absolute Gasteiger partial charge is 0.308 e. The molecule has 0 aliphatic carbocycles. The predicted molar refractivity (Wildman–Crippen MR) is 88.0 cm³/mol. The molecule has 2 rings (SSSR count). The lowest BCUT2D eigenvalue weighted by Crippen LogP contribution is -2.31. The molecule has 0 saturated carbocycles. The molecule has 2 aromatic carbocycles. The highest BCUT2D eigenvalue weighted by Crippen LogP contribution is 2.23. The van der Waals surface area contributed by atoms with Gasteiger partial charge >= 0.3 is 0 Å². The molecule has 4 nitrogen and oxygen atoms in total. The second kappa shape index (κ2) is 6.50. The van der Waals surface area contributed by atoms with Gasteiger partial charge in [0.25, 0.3) is 15.0 Å². The van der Waals surface area contributed by atoms with E-state index in [9.17, 15) is 13.2 Å². The van der Waals surface area contributed by atoms with Crippen LogP contribution in [0.15, 0.2) is 53.4 Å². The minimum absolute atomic E-state index is 0.0825. The summed E-state index contributed by atoms with van der Waals surface area (Å²) in [6, 6.07) is 13.3. The Morgan fingerprint density at radius 2 is 1.82 bits per heavy atom. The Hall–Kier alpha value is -1.85. The summed E-state index contributed by atoms with van der Waals surface area (Å²) in [5.74, 6) is -0.265. The number of aryl methyl sites for hydroxylation is 1. The van der Waals surface area contributed by atoms with Crippen LogP contribution in [0.4, 0.5) is 5.69 Å². The number of amides is 1. The van der Waals surface area contributed by atoms with Crippen molar-refractivity contribution in [1.82, 2.24) is 0 Å². The zero-order valence-electron chi connectivity index (χ0n) is 12.3. The Bertz CT molecular complexity index is 803. The number of anilines is 1. The fraction of sp³-hybridized carbons (Fsp3) is 0.188. The Labute approximate surface area is 134 Å². The minimum atomic E-state index is -3.86. The van der Waals surface area contributed by atoms with Crippen LogP contribution in [-0.4, -0.2) is 20.9 Å². The van der Waals surface area contributed by atoms with Crippen LogP contribution in [0.2, 0.25) is 0 Å². The van der Waals surface area contributed by atoms with Gasteiger partial charge in [0.15, 0.2) is 0 Å². The highest BCUT2D eigenvalue weighted by atomic mass is 35.7. The minimum Gasteiger partial charge on any atom is -0.308 e. The fourth-order valence-electron chi connectivity index (χ4n) is 2.23. The smallest absolute Gasteiger partial charge is 0.261 e. The number of hydrogen-bond donors (Lipinski definition) is 0. The van der Waals surface area contributed by atoms with E-state index in [1.165, 1.54) is 18.2 Å². The average molecular weight is 338 g/mol. The van der Waals surface area contributed by atoms with Crippen molar-refractivity contribution in [2.75, 3.05) is 11.4 Å². The Balaban J connectivity index is 2.44. The van der Waals surface area contributed by atoms with Crippen molar-refractivity contribution >= 4 is 31.3 Å². The second-order valence-corrected chi connectivity index (χ2v) is 7.37. The third kappa shape index (κ3) is 3.48. The van der Waals surface area contributed by atoms with Crippen LogP contribution in [-0.2, 0) is 9.05 Å². The first-order chi connectivity index (χ1) is 10.3. The third-order valence-electron chi connectivity index (χ3n) is 3.33. The van der Waals surface area contributed by atoms with Crippen molar-refractivity contribution in [1.29, 1.82) is 0 Å². The van der Waals surface area contributed by atoms with Gasteiger partial charge in [0, 0.05) is 28.5 Å². The van der Waals surface area contributed by atoms with Gasteiger partial charge in [0.1, 0.15) is 0 Å². The molecular formula is C16H16ClNO3S. The standard InChI is InChI=1S/C16H16ClNO3S/c1-3-18(15-10-5-4-7-12(15)2)16(19)13-8-6-9-14(11-13)22(17,20)21/h4-11H,3H2,1-2H3. The van der Waals surface area contributed by atoms with Crippen molar-refractivity contribution in [3.8, 4) is 0 Å². The molecule has 1 amide bonds. The van der Waals surface area contributed by atoms with E-state index < -0.39 is 9.05 Å². The average Bonchev–Trinajstić information content (AvgIpc) is 2.49. The van der Waals surface area contributed by atoms with E-state index in [1.807, 2.05) is 38.1 Å². The van der Waals surface area contributed by atoms with Gasteiger partial charge in [-0.3, -0.25) is 4.79 Å². The van der Waals surface area contributed by atoms with Gasteiger partial charge in [-0.25, -0.2) is 8.42 Å². The summed E-state index contributed by atoms with van der Waals surface area (Å²) in [7, 11) is 1.48. The first kappa shape index (κ1) is 16.5. The molecule has 0 aromatic heterocycles. The van der Waals surface area contributed by atoms with Crippen LogP contribution >= 0.6 is 10.7 Å². The molecule has 6 heteroatoms. The Morgan fingerprint density at radius 1 is 1.14 bits per heavy atom. The molecule has 0 heterocycles. The molecule has 116 valence electrons. The van der Waals surface area contributed by atoms with Gasteiger partial charge in [0.05, 0.1) is 4.90 Å². The molecule has 2 aromatic rings. The summed E-state index contributed by atoms with van der Waals surface area (Å²) in [5.41, 5.74) is 2.06. The van der Waals surface area contributed by atoms with E-state index in [0.29, 0.717) is 6.54 Å². The Morgan fingerprint density at radius 3 is 2.41 bits per heavy atom. The van der Waals surface area contributed by atoms with Crippen molar-refractivity contribution in [3.63, 3.8) is 0 Å². The molecule has 0 fully saturated rings. The lowest BCUT2D eigenvalue weighted by Gasteiger charge is -2.23. The molecule has 0 aliphatic rings. The van der Waals surface area contributed by atoms with Gasteiger partial charge in [-0.2, -0.15) is 0 Å². The number of nitrogens with zero attached hydrogens (tertiary/aromatic N) is 1. The molecule has 0 bridgehead atoms. The van der Waals surface area contributed by atoms with Crippen LogP contribution in [0.5, 0.6) is 0 Å². The summed E-state index contributed by atoms with van der Waals surface area (Å²) in [4.78, 5) is 14.2. The molecule has 0 spiro atoms. The highest BCUT2D eigenvalue weighted by molar-refractivity contribution is 8.13. The summed E-state index contributed by atoms with van der Waals surface area (Å²) in [6.45, 7) is 4.26. The van der Waals surface area contributed by atoms with E-state index in [1.54, 1.807) is 11.0 Å². The highest BCUT2D eigenvalue weighted by Gasteiger charge is 2.19. The van der Waals surface area contributed by atoms with Gasteiger partial charge < -0.3 is 4.90 Å². The number of carbonyl (C=O) groups is 1. The van der Waals surface area contributed by atoms with Gasteiger partial charge in [-0.1, -0.05) is 24.3 Å². The van der Waals surface area contributed by atoms with Gasteiger partial charge in [-0.15, -0.1) is 0 Å². The Kier molecular flexibility index (Phi) is 4.88. The maximum atomic E-state index is 12.7. The molecular weight excluding hydrogens is 322 g/mol. The molecule has 0 saturated heterocycles. The maximum Gasteiger partial charge on any atom is 0.261 e. The van der Waals surface area contributed by atoms with Crippen molar-refractivity contribution in [3.05, 3.63) is 59.7 Å². The number of carbonyl (C=O) groups excluding carboxylic acids is 1. The van der Waals surface area contributed by atoms with E-state index in [2.05, 4.69) is 0 Å². The molecule has 0 radical (unpaired) electrons. The summed E-state index contributed by atoms with van der Waals surface area (Å²) < 4.78 is 22.8. The normalized spacial score (nSPS) is 11.2. The number of halogens is 1. The van der Waals surface area contributed by atoms with Crippen LogP contribution < -0.4 is 4.90 Å². The monoisotopic (exact) mass is 337 g/mol. The molecule has 0 aliphatic heterocycles. The quantitative estimate of drug-likeness (QED) is 0.801. The van der Waals surface area contributed by atoms with E-state index in [0.717, 1.165) is 11.3 Å². The summed E-state index contributed by atoms with van der Waals surface area (Å²) in [6.07, 6.45) is 0. The number of hydrogen-bond acceptors (Lipinski definition) is 3. The summed E-state index contributed by atoms with van der Waals surface area (Å²) >= 11 is 0. The van der Waals surface area contributed by atoms with Crippen molar-refractivity contribution in [2.24, 2.45) is 0 Å². The number of benzene rings is 2. The molecule has 0 N–H and O–H groups in total. The molecule has 22 heavy (non-hydrogen) atoms. The summed E-state index contributed by atoms with van der Waals surface area (Å²) in [5, 5.41) is 0. The van der Waals surface area contributed by atoms with Crippen molar-refractivity contribution < 1.29 is 13.2 Å². The fourth-order valence-corrected chi connectivity index (χ4v) is 3.02. The maximum absolute atomic E-state index is 12.7. The number of rotatable bonds is 4. The van der Waals surface area contributed by atoms with E-state index >= 15 is 0 Å². The zero-order chi connectivity index (χ0) is 16.3. The van der Waals surface area contributed by atoms with Crippen LogP contribution in [0.3, 0.4) is 0 Å². The third-order valence-corrected chi connectivity index (χ3v) is 4.68. The lowest BCUT2D eigenvalue weighted by atomic mass is 10.1. The van der Waals surface area contributed by atoms with Gasteiger partial charge in [-0.05, 0) is 43.7 Å². The van der Waals surface area contributed by atoms with E-state index in [-0.39, 0.29) is 16.4 Å². The van der Waals surface area contributed by atoms with Crippen LogP contribution in [0.25, 0.3) is 0 Å². The second-order valence-electron chi connectivity index (χ2n) is 4.80.